The number of hydrogen-bond acceptors (Lipinski definition) is 6. The molecule has 0 spiro atoms. The second kappa shape index (κ2) is 6.50. The van der Waals surface area contributed by atoms with Crippen LogP contribution in [0.15, 0.2) is 5.16 Å². The van der Waals surface area contributed by atoms with Crippen LogP contribution in [0.5, 0.6) is 0 Å². The smallest absolute Gasteiger partial charge is 0.407 e. The predicted molar refractivity (Wildman–Crippen MR) is 100.0 cm³/mol. The Morgan fingerprint density at radius 2 is 2.07 bits per heavy atom. The van der Waals surface area contributed by atoms with Crippen molar-refractivity contribution >= 4 is 17.8 Å². The zero-order valence-electron chi connectivity index (χ0n) is 17.0. The lowest BCUT2D eigenvalue weighted by Gasteiger charge is -2.43. The molecule has 9 nitrogen and oxygen atoms in total. The molecule has 28 heavy (non-hydrogen) atoms. The van der Waals surface area contributed by atoms with Gasteiger partial charge in [-0.3, -0.25) is 5.21 Å². The molecule has 0 aromatic heterocycles. The number of amides is 3. The summed E-state index contributed by atoms with van der Waals surface area (Å²) in [6, 6.07) is -0.459. The Kier molecular flexibility index (Phi) is 4.48. The van der Waals surface area contributed by atoms with Crippen molar-refractivity contribution in [3.05, 3.63) is 0 Å². The molecule has 0 aromatic rings. The van der Waals surface area contributed by atoms with Gasteiger partial charge in [-0.2, -0.15) is 0 Å². The van der Waals surface area contributed by atoms with E-state index in [1.165, 1.54) is 0 Å². The molecule has 9 heteroatoms. The van der Waals surface area contributed by atoms with Gasteiger partial charge in [0, 0.05) is 24.9 Å². The third kappa shape index (κ3) is 3.40. The zero-order valence-corrected chi connectivity index (χ0v) is 17.0. The minimum absolute atomic E-state index is 0.0860. The van der Waals surface area contributed by atoms with Crippen molar-refractivity contribution in [2.75, 3.05) is 6.54 Å². The van der Waals surface area contributed by atoms with Crippen molar-refractivity contribution in [3.63, 3.8) is 0 Å². The third-order valence-electron chi connectivity index (χ3n) is 6.36. The van der Waals surface area contributed by atoms with Gasteiger partial charge in [0.2, 0.25) is 0 Å². The number of carbonyl (C=O) groups excluding carboxylic acids is 2. The molecular weight excluding hydrogens is 364 g/mol. The van der Waals surface area contributed by atoms with Crippen molar-refractivity contribution in [1.29, 1.82) is 0 Å². The molecule has 1 aliphatic carbocycles. The van der Waals surface area contributed by atoms with Crippen LogP contribution in [0.4, 0.5) is 9.59 Å². The van der Waals surface area contributed by atoms with Gasteiger partial charge in [0.25, 0.3) is 0 Å². The van der Waals surface area contributed by atoms with Gasteiger partial charge in [-0.25, -0.2) is 14.7 Å². The van der Waals surface area contributed by atoms with Crippen molar-refractivity contribution in [2.45, 2.75) is 89.1 Å². The van der Waals surface area contributed by atoms with Crippen LogP contribution in [0.25, 0.3) is 0 Å². The first kappa shape index (κ1) is 19.3. The Bertz CT molecular complexity index is 699. The number of fused-ring (bicyclic) bond motifs is 2. The number of ether oxygens (including phenoxy) is 1. The number of hydroxylamine groups is 2. The topological polar surface area (TPSA) is 104 Å². The highest BCUT2D eigenvalue weighted by atomic mass is 16.7. The average Bonchev–Trinajstić information content (AvgIpc) is 3.05. The molecule has 3 atom stereocenters. The molecule has 1 unspecified atom stereocenters. The molecule has 2 bridgehead atoms. The highest BCUT2D eigenvalue weighted by Gasteiger charge is 2.53. The van der Waals surface area contributed by atoms with Gasteiger partial charge in [0.05, 0.1) is 17.8 Å². The van der Waals surface area contributed by atoms with Gasteiger partial charge in [-0.1, -0.05) is 5.16 Å². The van der Waals surface area contributed by atoms with Gasteiger partial charge >= 0.3 is 12.1 Å². The van der Waals surface area contributed by atoms with E-state index in [2.05, 4.69) is 10.5 Å². The summed E-state index contributed by atoms with van der Waals surface area (Å²) in [6.45, 7) is 8.12. The fraction of sp³-hybridized carbons (Fsp3) is 0.842. The van der Waals surface area contributed by atoms with Gasteiger partial charge in [-0.05, 0) is 53.4 Å². The summed E-state index contributed by atoms with van der Waals surface area (Å²) in [7, 11) is 0. The second-order valence-corrected chi connectivity index (χ2v) is 9.70. The van der Waals surface area contributed by atoms with E-state index < -0.39 is 11.2 Å². The van der Waals surface area contributed by atoms with Crippen LogP contribution < -0.4 is 5.32 Å². The SMILES string of the molecule is CC(C)(C)OC(=O)NC1CC(C2(C)CC([C@@H]3CC[C@@H]4CN3C(=O)N4O)=NO2)C1. The first-order valence-electron chi connectivity index (χ1n) is 10.1. The van der Waals surface area contributed by atoms with Crippen molar-refractivity contribution < 1.29 is 24.4 Å². The molecule has 2 saturated heterocycles. The molecule has 3 fully saturated rings. The minimum atomic E-state index is -0.507. The summed E-state index contributed by atoms with van der Waals surface area (Å²) in [4.78, 5) is 31.7. The van der Waals surface area contributed by atoms with E-state index in [0.29, 0.717) is 13.0 Å². The summed E-state index contributed by atoms with van der Waals surface area (Å²) >= 11 is 0. The number of hydrogen-bond donors (Lipinski definition) is 2. The van der Waals surface area contributed by atoms with E-state index in [-0.39, 0.29) is 36.2 Å². The molecule has 4 rings (SSSR count). The molecule has 2 N–H and O–H groups in total. The first-order valence-corrected chi connectivity index (χ1v) is 10.1. The van der Waals surface area contributed by atoms with E-state index in [0.717, 1.165) is 36.5 Å². The van der Waals surface area contributed by atoms with Crippen LogP contribution in [0, 0.1) is 5.92 Å². The lowest BCUT2D eigenvalue weighted by Crippen LogP contribution is -2.53. The maximum atomic E-state index is 12.2. The Hall–Kier alpha value is -2.03. The fourth-order valence-corrected chi connectivity index (χ4v) is 4.69. The number of urea groups is 1. The van der Waals surface area contributed by atoms with Gasteiger partial charge in [0.15, 0.2) is 0 Å². The Morgan fingerprint density at radius 3 is 2.75 bits per heavy atom. The summed E-state index contributed by atoms with van der Waals surface area (Å²) in [5.74, 6) is 0.286. The Balaban J connectivity index is 1.29. The molecule has 0 aromatic carbocycles. The van der Waals surface area contributed by atoms with E-state index in [4.69, 9.17) is 9.57 Å². The Labute approximate surface area is 165 Å². The molecule has 1 saturated carbocycles. The number of rotatable bonds is 3. The van der Waals surface area contributed by atoms with Crippen LogP contribution >= 0.6 is 0 Å². The normalized spacial score (nSPS) is 37.3. The van der Waals surface area contributed by atoms with Crippen LogP contribution in [-0.4, -0.2) is 68.9 Å². The largest absolute Gasteiger partial charge is 0.444 e. The van der Waals surface area contributed by atoms with E-state index in [9.17, 15) is 14.8 Å². The van der Waals surface area contributed by atoms with E-state index >= 15 is 0 Å². The number of piperidine rings is 1. The van der Waals surface area contributed by atoms with Crippen LogP contribution in [0.2, 0.25) is 0 Å². The van der Waals surface area contributed by atoms with Crippen LogP contribution in [0.1, 0.15) is 59.8 Å². The van der Waals surface area contributed by atoms with Gasteiger partial charge < -0.3 is 19.8 Å². The van der Waals surface area contributed by atoms with Crippen molar-refractivity contribution in [1.82, 2.24) is 15.3 Å². The molecule has 3 aliphatic heterocycles. The number of nitrogens with zero attached hydrogens (tertiary/aromatic N) is 3. The third-order valence-corrected chi connectivity index (χ3v) is 6.36. The molecule has 0 radical (unpaired) electrons. The average molecular weight is 394 g/mol. The molecule has 4 aliphatic rings. The fourth-order valence-electron chi connectivity index (χ4n) is 4.69. The molecule has 156 valence electrons. The van der Waals surface area contributed by atoms with Gasteiger partial charge in [-0.15, -0.1) is 0 Å². The highest BCUT2D eigenvalue weighted by molar-refractivity contribution is 5.94. The number of nitrogens with one attached hydrogen (secondary N) is 1. The van der Waals surface area contributed by atoms with E-state index in [1.54, 1.807) is 4.90 Å². The molecule has 3 heterocycles. The number of oxime groups is 1. The van der Waals surface area contributed by atoms with Crippen LogP contribution in [-0.2, 0) is 9.57 Å². The first-order chi connectivity index (χ1) is 13.1. The Morgan fingerprint density at radius 1 is 1.36 bits per heavy atom. The van der Waals surface area contributed by atoms with Gasteiger partial charge in [0.1, 0.15) is 11.2 Å². The second-order valence-electron chi connectivity index (χ2n) is 9.70. The lowest BCUT2D eigenvalue weighted by molar-refractivity contribution is -0.0829. The van der Waals surface area contributed by atoms with Crippen LogP contribution in [0.3, 0.4) is 0 Å². The quantitative estimate of drug-likeness (QED) is 0.716. The number of alkyl carbamates (subject to hydrolysis) is 1. The highest BCUT2D eigenvalue weighted by Crippen LogP contribution is 2.45. The summed E-state index contributed by atoms with van der Waals surface area (Å²) in [5, 5.41) is 18.0. The lowest BCUT2D eigenvalue weighted by atomic mass is 9.68. The maximum Gasteiger partial charge on any atom is 0.407 e. The molecule has 3 amide bonds. The zero-order chi connectivity index (χ0) is 20.3. The van der Waals surface area contributed by atoms with Crippen molar-refractivity contribution in [2.24, 2.45) is 11.1 Å². The molecular formula is C19H30N4O5. The maximum absolute atomic E-state index is 12.2. The predicted octanol–water partition coefficient (Wildman–Crippen LogP) is 2.48. The van der Waals surface area contributed by atoms with Crippen molar-refractivity contribution in [3.8, 4) is 0 Å². The standard InChI is InChI=1S/C19H30N4O5/c1-18(2,3)27-16(24)20-12-7-11(8-12)19(4)9-14(21-28-19)15-6-5-13-10-22(15)17(25)23(13)26/h11-13,15,26H,5-10H2,1-4H3,(H,20,24)/t11?,12?,13-,15+,19?/m1/s1. The summed E-state index contributed by atoms with van der Waals surface area (Å²) in [5.41, 5.74) is -0.0414. The monoisotopic (exact) mass is 394 g/mol. The van der Waals surface area contributed by atoms with E-state index in [1.807, 2.05) is 27.7 Å². The summed E-state index contributed by atoms with van der Waals surface area (Å²) < 4.78 is 5.31. The summed E-state index contributed by atoms with van der Waals surface area (Å²) in [6.07, 6.45) is 3.48. The number of carbonyl (C=O) groups is 2. The minimum Gasteiger partial charge on any atom is -0.444 e.